The highest BCUT2D eigenvalue weighted by Gasteiger charge is 2.59. The standard InChI is InChI=1S/C20H14ClF5N6O2S/c1-3-35(33,34)14-4-10(11-5-15(21)31-29-8-11)7-27-16(14)18-30-13-6-12(9-28-17(13)32(18)2)19(22,23)20(24,25)26/h4-9H,3H2,1-2H3. The van der Waals surface area contributed by atoms with E-state index in [1.54, 1.807) is 0 Å². The van der Waals surface area contributed by atoms with Crippen LogP contribution in [0.25, 0.3) is 33.8 Å². The summed E-state index contributed by atoms with van der Waals surface area (Å²) in [6, 6.07) is 3.34. The highest BCUT2D eigenvalue weighted by Crippen LogP contribution is 2.44. The number of aryl methyl sites for hydroxylation is 1. The lowest BCUT2D eigenvalue weighted by Crippen LogP contribution is -2.33. The van der Waals surface area contributed by atoms with E-state index in [1.165, 1.54) is 43.1 Å². The Balaban J connectivity index is 1.92. The normalized spacial score (nSPS) is 12.9. The van der Waals surface area contributed by atoms with Crippen LogP contribution in [0.1, 0.15) is 12.5 Å². The first-order chi connectivity index (χ1) is 16.3. The summed E-state index contributed by atoms with van der Waals surface area (Å²) in [7, 11) is -2.49. The molecule has 35 heavy (non-hydrogen) atoms. The van der Waals surface area contributed by atoms with Gasteiger partial charge in [-0.25, -0.2) is 18.4 Å². The minimum Gasteiger partial charge on any atom is -0.310 e. The maximum Gasteiger partial charge on any atom is 0.458 e. The second-order valence-electron chi connectivity index (χ2n) is 7.37. The van der Waals surface area contributed by atoms with Gasteiger partial charge in [-0.2, -0.15) is 27.1 Å². The minimum atomic E-state index is -5.83. The van der Waals surface area contributed by atoms with Gasteiger partial charge in [0.15, 0.2) is 26.5 Å². The van der Waals surface area contributed by atoms with Gasteiger partial charge >= 0.3 is 12.1 Å². The van der Waals surface area contributed by atoms with Crippen LogP contribution in [0, 0.1) is 0 Å². The van der Waals surface area contributed by atoms with Crippen LogP contribution in [-0.4, -0.2) is 50.1 Å². The van der Waals surface area contributed by atoms with E-state index in [-0.39, 0.29) is 38.5 Å². The maximum atomic E-state index is 13.8. The number of alkyl halides is 5. The van der Waals surface area contributed by atoms with Crippen LogP contribution in [0.2, 0.25) is 5.15 Å². The first-order valence-electron chi connectivity index (χ1n) is 9.75. The number of nitrogens with zero attached hydrogens (tertiary/aromatic N) is 6. The SMILES string of the molecule is CCS(=O)(=O)c1cc(-c2cnnc(Cl)c2)cnc1-c1nc2cc(C(F)(F)C(F)(F)F)cnc2n1C. The van der Waals surface area contributed by atoms with Crippen molar-refractivity contribution < 1.29 is 30.4 Å². The summed E-state index contributed by atoms with van der Waals surface area (Å²) in [6.07, 6.45) is -2.74. The molecule has 8 nitrogen and oxygen atoms in total. The third-order valence-electron chi connectivity index (χ3n) is 5.17. The zero-order valence-electron chi connectivity index (χ0n) is 17.8. The van der Waals surface area contributed by atoms with Crippen molar-refractivity contribution in [1.82, 2.24) is 29.7 Å². The molecule has 4 aromatic heterocycles. The molecule has 0 aliphatic heterocycles. The highest BCUT2D eigenvalue weighted by molar-refractivity contribution is 7.91. The first-order valence-corrected chi connectivity index (χ1v) is 11.8. The third kappa shape index (κ3) is 4.31. The van der Waals surface area contributed by atoms with Gasteiger partial charge in [0.05, 0.1) is 22.4 Å². The monoisotopic (exact) mass is 532 g/mol. The van der Waals surface area contributed by atoms with Gasteiger partial charge in [0, 0.05) is 30.6 Å². The lowest BCUT2D eigenvalue weighted by molar-refractivity contribution is -0.289. The number of hydrogen-bond donors (Lipinski definition) is 0. The molecule has 0 aliphatic rings. The molecule has 0 bridgehead atoms. The van der Waals surface area contributed by atoms with E-state index in [0.717, 1.165) is 0 Å². The van der Waals surface area contributed by atoms with Gasteiger partial charge in [0.25, 0.3) is 0 Å². The van der Waals surface area contributed by atoms with Crippen molar-refractivity contribution >= 4 is 32.6 Å². The lowest BCUT2D eigenvalue weighted by atomic mass is 10.1. The summed E-state index contributed by atoms with van der Waals surface area (Å²) < 4.78 is 93.1. The highest BCUT2D eigenvalue weighted by atomic mass is 35.5. The number of halogens is 6. The van der Waals surface area contributed by atoms with Crippen molar-refractivity contribution in [1.29, 1.82) is 0 Å². The molecule has 4 aromatic rings. The van der Waals surface area contributed by atoms with Gasteiger partial charge in [-0.15, -0.1) is 5.10 Å². The van der Waals surface area contributed by atoms with Gasteiger partial charge in [0.2, 0.25) is 0 Å². The fourth-order valence-electron chi connectivity index (χ4n) is 3.28. The van der Waals surface area contributed by atoms with Crippen molar-refractivity contribution in [2.75, 3.05) is 5.75 Å². The largest absolute Gasteiger partial charge is 0.458 e. The van der Waals surface area contributed by atoms with Crippen LogP contribution < -0.4 is 0 Å². The smallest absolute Gasteiger partial charge is 0.310 e. The number of imidazole rings is 1. The molecule has 0 aromatic carbocycles. The maximum absolute atomic E-state index is 13.8. The zero-order chi connectivity index (χ0) is 25.8. The average molecular weight is 533 g/mol. The number of hydrogen-bond acceptors (Lipinski definition) is 7. The Labute approximate surface area is 199 Å². The molecule has 0 aliphatic carbocycles. The molecule has 4 rings (SSSR count). The molecular weight excluding hydrogens is 519 g/mol. The number of sulfone groups is 1. The summed E-state index contributed by atoms with van der Waals surface area (Å²) in [5, 5.41) is 7.41. The molecule has 0 radical (unpaired) electrons. The van der Waals surface area contributed by atoms with E-state index >= 15 is 0 Å². The fourth-order valence-corrected chi connectivity index (χ4v) is 4.50. The molecule has 0 N–H and O–H groups in total. The predicted octanol–water partition coefficient (Wildman–Crippen LogP) is 4.59. The lowest BCUT2D eigenvalue weighted by Gasteiger charge is -2.19. The first kappa shape index (κ1) is 24.9. The van der Waals surface area contributed by atoms with Gasteiger partial charge in [-0.05, 0) is 18.2 Å². The Hall–Kier alpha value is -3.26. The van der Waals surface area contributed by atoms with Crippen molar-refractivity contribution in [2.45, 2.75) is 23.9 Å². The van der Waals surface area contributed by atoms with E-state index in [4.69, 9.17) is 11.6 Å². The summed E-state index contributed by atoms with van der Waals surface area (Å²) in [5.41, 5.74) is -1.08. The molecular formula is C20H14ClF5N6O2S. The Morgan fingerprint density at radius 2 is 1.69 bits per heavy atom. The Morgan fingerprint density at radius 1 is 1.00 bits per heavy atom. The van der Waals surface area contributed by atoms with Crippen LogP contribution in [0.15, 0.2) is 41.7 Å². The molecule has 0 atom stereocenters. The Kier molecular flexibility index (Phi) is 6.00. The molecule has 0 saturated carbocycles. The quantitative estimate of drug-likeness (QED) is 0.346. The van der Waals surface area contributed by atoms with E-state index in [9.17, 15) is 30.4 Å². The summed E-state index contributed by atoms with van der Waals surface area (Å²) in [6.45, 7) is 1.42. The van der Waals surface area contributed by atoms with Crippen molar-refractivity contribution in [3.8, 4) is 22.6 Å². The van der Waals surface area contributed by atoms with Gasteiger partial charge in [-0.1, -0.05) is 18.5 Å². The van der Waals surface area contributed by atoms with E-state index in [2.05, 4.69) is 25.1 Å². The number of fused-ring (bicyclic) bond motifs is 1. The third-order valence-corrected chi connectivity index (χ3v) is 7.09. The van der Waals surface area contributed by atoms with Crippen LogP contribution in [0.3, 0.4) is 0 Å². The second-order valence-corrected chi connectivity index (χ2v) is 10.0. The predicted molar refractivity (Wildman–Crippen MR) is 115 cm³/mol. The molecule has 0 amide bonds. The number of rotatable bonds is 5. The van der Waals surface area contributed by atoms with Gasteiger partial charge in [0.1, 0.15) is 11.2 Å². The molecule has 0 saturated heterocycles. The molecule has 4 heterocycles. The van der Waals surface area contributed by atoms with Crippen LogP contribution in [0.4, 0.5) is 22.0 Å². The van der Waals surface area contributed by atoms with Gasteiger partial charge < -0.3 is 4.57 Å². The van der Waals surface area contributed by atoms with Crippen LogP contribution in [0.5, 0.6) is 0 Å². The fraction of sp³-hybridized carbons (Fsp3) is 0.250. The Morgan fingerprint density at radius 3 is 2.31 bits per heavy atom. The van der Waals surface area contributed by atoms with Crippen molar-refractivity contribution in [3.05, 3.63) is 47.5 Å². The van der Waals surface area contributed by atoms with Crippen LogP contribution in [-0.2, 0) is 22.8 Å². The van der Waals surface area contributed by atoms with Crippen LogP contribution >= 0.6 is 11.6 Å². The molecule has 184 valence electrons. The summed E-state index contributed by atoms with van der Waals surface area (Å²) >= 11 is 5.86. The minimum absolute atomic E-state index is 0.0439. The molecule has 0 unspecified atom stereocenters. The molecule has 0 spiro atoms. The van der Waals surface area contributed by atoms with Crippen molar-refractivity contribution in [2.24, 2.45) is 7.05 Å². The molecule has 15 heteroatoms. The average Bonchev–Trinajstić information content (AvgIpc) is 3.13. The summed E-state index contributed by atoms with van der Waals surface area (Å²) in [5.74, 6) is -5.54. The number of aromatic nitrogens is 6. The van der Waals surface area contributed by atoms with Gasteiger partial charge in [-0.3, -0.25) is 4.98 Å². The molecule has 0 fully saturated rings. The Bertz CT molecular complexity index is 1560. The zero-order valence-corrected chi connectivity index (χ0v) is 19.4. The van der Waals surface area contributed by atoms with E-state index in [0.29, 0.717) is 23.4 Å². The van der Waals surface area contributed by atoms with Crippen molar-refractivity contribution in [3.63, 3.8) is 0 Å². The topological polar surface area (TPSA) is 104 Å². The van der Waals surface area contributed by atoms with E-state index in [1.807, 2.05) is 0 Å². The second kappa shape index (κ2) is 8.45. The number of pyridine rings is 2. The summed E-state index contributed by atoms with van der Waals surface area (Å²) in [4.78, 5) is 11.8. The van der Waals surface area contributed by atoms with E-state index < -0.39 is 27.5 Å².